The Labute approximate surface area is 167 Å². The first-order valence-corrected chi connectivity index (χ1v) is 10.3. The number of fused-ring (bicyclic) bond motifs is 1. The summed E-state index contributed by atoms with van der Waals surface area (Å²) in [5.41, 5.74) is 3.92. The number of carbonyl (C=O) groups excluding carboxylic acids is 1. The Hall–Kier alpha value is -2.33. The Morgan fingerprint density at radius 3 is 2.57 bits per heavy atom. The monoisotopic (exact) mass is 378 g/mol. The van der Waals surface area contributed by atoms with E-state index in [4.69, 9.17) is 4.74 Å². The van der Waals surface area contributed by atoms with Crippen LogP contribution in [-0.2, 0) is 6.54 Å². The first-order valence-electron chi connectivity index (χ1n) is 10.3. The summed E-state index contributed by atoms with van der Waals surface area (Å²) in [6.45, 7) is 9.55. The Kier molecular flexibility index (Phi) is 5.15. The number of benzene rings is 2. The third-order valence-corrected chi connectivity index (χ3v) is 5.75. The third-order valence-electron chi connectivity index (χ3n) is 5.75. The van der Waals surface area contributed by atoms with Crippen LogP contribution in [0, 0.1) is 6.92 Å². The van der Waals surface area contributed by atoms with Gasteiger partial charge in [0.15, 0.2) is 0 Å². The fourth-order valence-corrected chi connectivity index (χ4v) is 4.30. The molecule has 1 amide bonds. The minimum absolute atomic E-state index is 0.0251. The zero-order valence-electron chi connectivity index (χ0n) is 17.1. The van der Waals surface area contributed by atoms with Gasteiger partial charge in [0.25, 0.3) is 5.91 Å². The SMILES string of the molecule is Cc1ccc2c(c1)C(NC(=O)c1ccc(CN3CCCC3)cc1)CC(C)(C)O2. The van der Waals surface area contributed by atoms with E-state index in [1.54, 1.807) is 0 Å². The Morgan fingerprint density at radius 1 is 1.14 bits per heavy atom. The molecule has 1 atom stereocenters. The summed E-state index contributed by atoms with van der Waals surface area (Å²) in [5, 5.41) is 3.24. The van der Waals surface area contributed by atoms with Crippen LogP contribution in [-0.4, -0.2) is 29.5 Å². The van der Waals surface area contributed by atoms with Crippen LogP contribution in [0.5, 0.6) is 5.75 Å². The highest BCUT2D eigenvalue weighted by molar-refractivity contribution is 5.94. The van der Waals surface area contributed by atoms with Gasteiger partial charge >= 0.3 is 0 Å². The highest BCUT2D eigenvalue weighted by atomic mass is 16.5. The number of hydrogen-bond donors (Lipinski definition) is 1. The van der Waals surface area contributed by atoms with Gasteiger partial charge in [0.1, 0.15) is 11.4 Å². The lowest BCUT2D eigenvalue weighted by Gasteiger charge is -2.38. The predicted molar refractivity (Wildman–Crippen MR) is 112 cm³/mol. The Bertz CT molecular complexity index is 851. The standard InChI is InChI=1S/C24H30N2O2/c1-17-6-11-22-20(14-17)21(15-24(2,3)28-22)25-23(27)19-9-7-18(8-10-19)16-26-12-4-5-13-26/h6-11,14,21H,4-5,12-13,15-16H2,1-3H3,(H,25,27). The minimum atomic E-state index is -0.306. The minimum Gasteiger partial charge on any atom is -0.487 e. The van der Waals surface area contributed by atoms with E-state index in [2.05, 4.69) is 55.3 Å². The molecule has 2 heterocycles. The second kappa shape index (κ2) is 7.59. The second-order valence-electron chi connectivity index (χ2n) is 8.81. The van der Waals surface area contributed by atoms with Crippen LogP contribution in [0.2, 0.25) is 0 Å². The third kappa shape index (κ3) is 4.22. The molecule has 2 aliphatic heterocycles. The molecule has 2 aromatic carbocycles. The molecule has 2 aliphatic rings. The van der Waals surface area contributed by atoms with Crippen LogP contribution in [0.15, 0.2) is 42.5 Å². The van der Waals surface area contributed by atoms with Gasteiger partial charge in [-0.15, -0.1) is 0 Å². The highest BCUT2D eigenvalue weighted by Gasteiger charge is 2.34. The van der Waals surface area contributed by atoms with Crippen LogP contribution in [0.4, 0.5) is 0 Å². The molecule has 0 radical (unpaired) electrons. The van der Waals surface area contributed by atoms with Crippen LogP contribution >= 0.6 is 0 Å². The van der Waals surface area contributed by atoms with Gasteiger partial charge in [-0.05, 0) is 70.5 Å². The van der Waals surface area contributed by atoms with Crippen LogP contribution in [0.3, 0.4) is 0 Å². The quantitative estimate of drug-likeness (QED) is 0.844. The van der Waals surface area contributed by atoms with E-state index in [9.17, 15) is 4.79 Å². The topological polar surface area (TPSA) is 41.6 Å². The van der Waals surface area contributed by atoms with Crippen molar-refractivity contribution in [3.8, 4) is 5.75 Å². The van der Waals surface area contributed by atoms with Gasteiger partial charge in [0, 0.05) is 24.1 Å². The first kappa shape index (κ1) is 19.0. The summed E-state index contributed by atoms with van der Waals surface area (Å²) in [5.74, 6) is 0.844. The number of rotatable bonds is 4. The fraction of sp³-hybridized carbons (Fsp3) is 0.458. The number of ether oxygens (including phenoxy) is 1. The summed E-state index contributed by atoms with van der Waals surface area (Å²) in [6, 6.07) is 14.2. The summed E-state index contributed by atoms with van der Waals surface area (Å²) < 4.78 is 6.11. The van der Waals surface area contributed by atoms with E-state index in [-0.39, 0.29) is 17.6 Å². The fourth-order valence-electron chi connectivity index (χ4n) is 4.30. The van der Waals surface area contributed by atoms with E-state index >= 15 is 0 Å². The van der Waals surface area contributed by atoms with E-state index < -0.39 is 0 Å². The first-order chi connectivity index (χ1) is 13.4. The Balaban J connectivity index is 1.48. The van der Waals surface area contributed by atoms with Crippen molar-refractivity contribution in [1.29, 1.82) is 0 Å². The molecule has 148 valence electrons. The van der Waals surface area contributed by atoms with Crippen molar-refractivity contribution in [2.75, 3.05) is 13.1 Å². The van der Waals surface area contributed by atoms with Crippen molar-refractivity contribution >= 4 is 5.91 Å². The molecule has 1 N–H and O–H groups in total. The van der Waals surface area contributed by atoms with Gasteiger partial charge in [-0.1, -0.05) is 29.8 Å². The molecule has 4 heteroatoms. The lowest BCUT2D eigenvalue weighted by atomic mass is 9.88. The van der Waals surface area contributed by atoms with Gasteiger partial charge in [-0.25, -0.2) is 0 Å². The van der Waals surface area contributed by atoms with E-state index in [0.717, 1.165) is 24.3 Å². The van der Waals surface area contributed by atoms with E-state index in [1.807, 2.05) is 18.2 Å². The summed E-state index contributed by atoms with van der Waals surface area (Å²) in [6.07, 6.45) is 3.34. The maximum absolute atomic E-state index is 12.9. The molecule has 0 spiro atoms. The van der Waals surface area contributed by atoms with Crippen molar-refractivity contribution in [1.82, 2.24) is 10.2 Å². The molecule has 1 unspecified atom stereocenters. The average Bonchev–Trinajstić information content (AvgIpc) is 3.15. The van der Waals surface area contributed by atoms with E-state index in [0.29, 0.717) is 5.56 Å². The lowest BCUT2D eigenvalue weighted by molar-refractivity contribution is 0.0619. The number of aryl methyl sites for hydroxylation is 1. The number of amides is 1. The lowest BCUT2D eigenvalue weighted by Crippen LogP contribution is -2.41. The number of hydrogen-bond acceptors (Lipinski definition) is 3. The summed E-state index contributed by atoms with van der Waals surface area (Å²) in [4.78, 5) is 15.4. The van der Waals surface area contributed by atoms with Crippen molar-refractivity contribution in [2.45, 2.75) is 58.2 Å². The second-order valence-corrected chi connectivity index (χ2v) is 8.81. The van der Waals surface area contributed by atoms with Crippen LogP contribution in [0.25, 0.3) is 0 Å². The normalized spacial score (nSPS) is 21.0. The molecule has 1 fully saturated rings. The van der Waals surface area contributed by atoms with E-state index in [1.165, 1.54) is 37.1 Å². The average molecular weight is 379 g/mol. The largest absolute Gasteiger partial charge is 0.487 e. The van der Waals surface area contributed by atoms with Crippen molar-refractivity contribution in [3.63, 3.8) is 0 Å². The molecule has 0 saturated carbocycles. The molecular weight excluding hydrogens is 348 g/mol. The van der Waals surface area contributed by atoms with Gasteiger partial charge in [0.05, 0.1) is 6.04 Å². The maximum Gasteiger partial charge on any atom is 0.251 e. The van der Waals surface area contributed by atoms with Gasteiger partial charge in [-0.3, -0.25) is 9.69 Å². The maximum atomic E-state index is 12.9. The molecule has 0 aromatic heterocycles. The Morgan fingerprint density at radius 2 is 1.86 bits per heavy atom. The number of carbonyl (C=O) groups is 1. The van der Waals surface area contributed by atoms with Crippen molar-refractivity contribution < 1.29 is 9.53 Å². The summed E-state index contributed by atoms with van der Waals surface area (Å²) in [7, 11) is 0. The molecule has 2 aromatic rings. The number of nitrogens with zero attached hydrogens (tertiary/aromatic N) is 1. The zero-order chi connectivity index (χ0) is 19.7. The smallest absolute Gasteiger partial charge is 0.251 e. The van der Waals surface area contributed by atoms with Crippen LogP contribution in [0.1, 0.15) is 66.2 Å². The molecule has 0 aliphatic carbocycles. The van der Waals surface area contributed by atoms with Crippen LogP contribution < -0.4 is 10.1 Å². The molecule has 28 heavy (non-hydrogen) atoms. The highest BCUT2D eigenvalue weighted by Crippen LogP contribution is 2.40. The van der Waals surface area contributed by atoms with Crippen molar-refractivity contribution in [2.24, 2.45) is 0 Å². The zero-order valence-corrected chi connectivity index (χ0v) is 17.1. The molecule has 4 rings (SSSR count). The van der Waals surface area contributed by atoms with Crippen molar-refractivity contribution in [3.05, 3.63) is 64.7 Å². The molecule has 0 bridgehead atoms. The predicted octanol–water partition coefficient (Wildman–Crippen LogP) is 4.62. The van der Waals surface area contributed by atoms with Gasteiger partial charge in [-0.2, -0.15) is 0 Å². The van der Waals surface area contributed by atoms with Gasteiger partial charge < -0.3 is 10.1 Å². The molecule has 4 nitrogen and oxygen atoms in total. The van der Waals surface area contributed by atoms with Gasteiger partial charge in [0.2, 0.25) is 0 Å². The number of likely N-dealkylation sites (tertiary alicyclic amines) is 1. The molecular formula is C24H30N2O2. The molecule has 1 saturated heterocycles. The summed E-state index contributed by atoms with van der Waals surface area (Å²) >= 11 is 0. The number of nitrogens with one attached hydrogen (secondary N) is 1.